The van der Waals surface area contributed by atoms with E-state index in [1.807, 2.05) is 24.3 Å². The van der Waals surface area contributed by atoms with Gasteiger partial charge in [0.1, 0.15) is 6.54 Å². The topological polar surface area (TPSA) is 47.7 Å². The second kappa shape index (κ2) is 5.27. The predicted octanol–water partition coefficient (Wildman–Crippen LogP) is -2.30. The zero-order valence-corrected chi connectivity index (χ0v) is 11.0. The van der Waals surface area contributed by atoms with Crippen molar-refractivity contribution in [3.63, 3.8) is 0 Å². The lowest BCUT2D eigenvalue weighted by Crippen LogP contribution is -3.00. The Morgan fingerprint density at radius 2 is 2.00 bits per heavy atom. The first kappa shape index (κ1) is 12.2. The summed E-state index contributed by atoms with van der Waals surface area (Å²) in [5, 5.41) is 4.08. The van der Waals surface area contributed by atoms with E-state index < -0.39 is 0 Å². The summed E-state index contributed by atoms with van der Waals surface area (Å²) in [5.41, 5.74) is 1.19. The van der Waals surface area contributed by atoms with Gasteiger partial charge in [-0.2, -0.15) is 0 Å². The molecule has 0 fully saturated rings. The van der Waals surface area contributed by atoms with Crippen molar-refractivity contribution in [3.8, 4) is 0 Å². The van der Waals surface area contributed by atoms with Gasteiger partial charge >= 0.3 is 0 Å². The molecule has 0 amide bonds. The quantitative estimate of drug-likeness (QED) is 0.496. The van der Waals surface area contributed by atoms with E-state index >= 15 is 0 Å². The zero-order valence-electron chi connectivity index (χ0n) is 7.85. The van der Waals surface area contributed by atoms with Crippen molar-refractivity contribution in [1.29, 1.82) is 0 Å². The highest BCUT2D eigenvalue weighted by Crippen LogP contribution is 2.10. The number of hydrogen-bond acceptors (Lipinski definition) is 2. The van der Waals surface area contributed by atoms with Crippen molar-refractivity contribution in [2.75, 3.05) is 5.84 Å². The van der Waals surface area contributed by atoms with Gasteiger partial charge in [0.05, 0.1) is 0 Å². The largest absolute Gasteiger partial charge is 1.00 e. The number of rotatable bonds is 2. The lowest BCUT2D eigenvalue weighted by Gasteiger charge is -1.95. The molecule has 0 aliphatic heterocycles. The van der Waals surface area contributed by atoms with E-state index in [9.17, 15) is 0 Å². The van der Waals surface area contributed by atoms with Gasteiger partial charge in [-0.25, -0.2) is 0 Å². The molecule has 0 atom stereocenters. The fraction of sp³-hybridized carbons (Fsp3) is 0.111. The molecule has 80 valence electrons. The molecule has 0 aliphatic carbocycles. The van der Waals surface area contributed by atoms with Gasteiger partial charge in [0.15, 0.2) is 0 Å². The van der Waals surface area contributed by atoms with Crippen molar-refractivity contribution >= 4 is 15.9 Å². The van der Waals surface area contributed by atoms with Crippen LogP contribution in [0.5, 0.6) is 0 Å². The van der Waals surface area contributed by atoms with E-state index in [2.05, 4.69) is 21.0 Å². The van der Waals surface area contributed by atoms with E-state index in [-0.39, 0.29) is 17.0 Å². The molecule has 4 nitrogen and oxygen atoms in total. The average Bonchev–Trinajstić information content (AvgIpc) is 2.56. The lowest BCUT2D eigenvalue weighted by molar-refractivity contribution is -0.639. The van der Waals surface area contributed by atoms with Crippen LogP contribution < -0.4 is 27.5 Å². The van der Waals surface area contributed by atoms with Crippen LogP contribution in [0.2, 0.25) is 0 Å². The highest BCUT2D eigenvalue weighted by atomic mass is 79.9. The number of halogens is 2. The van der Waals surface area contributed by atoms with E-state index in [4.69, 9.17) is 5.84 Å². The van der Waals surface area contributed by atoms with Gasteiger partial charge in [-0.1, -0.05) is 28.1 Å². The van der Waals surface area contributed by atoms with Crippen LogP contribution in [-0.4, -0.2) is 9.78 Å². The van der Waals surface area contributed by atoms with Crippen LogP contribution in [0.3, 0.4) is 0 Å². The number of benzene rings is 1. The highest BCUT2D eigenvalue weighted by molar-refractivity contribution is 9.10. The fourth-order valence-electron chi connectivity index (χ4n) is 1.20. The minimum atomic E-state index is 0. The Hall–Kier alpha value is -0.880. The molecular weight excluding hydrogens is 324 g/mol. The SMILES string of the molecule is N[n+]1cnn(Cc2ccc(Br)cc2)c1.[Br-]. The monoisotopic (exact) mass is 332 g/mol. The maximum atomic E-state index is 5.48. The Bertz CT molecular complexity index is 424. The van der Waals surface area contributed by atoms with Gasteiger partial charge in [0.2, 0.25) is 6.33 Å². The third-order valence-corrected chi connectivity index (χ3v) is 2.39. The summed E-state index contributed by atoms with van der Waals surface area (Å²) in [5.74, 6) is 5.48. The van der Waals surface area contributed by atoms with Crippen LogP contribution >= 0.6 is 15.9 Å². The molecule has 0 aliphatic rings. The van der Waals surface area contributed by atoms with E-state index in [1.165, 1.54) is 10.2 Å². The van der Waals surface area contributed by atoms with Gasteiger partial charge in [-0.15, -0.1) is 9.36 Å². The molecule has 0 unspecified atom stereocenters. The number of aromatic nitrogens is 3. The van der Waals surface area contributed by atoms with E-state index in [1.54, 1.807) is 17.3 Å². The second-order valence-corrected chi connectivity index (χ2v) is 3.93. The molecule has 1 aromatic carbocycles. The minimum absolute atomic E-state index is 0. The van der Waals surface area contributed by atoms with Crippen LogP contribution in [0.15, 0.2) is 41.4 Å². The molecule has 2 N–H and O–H groups in total. The number of nitrogens with zero attached hydrogens (tertiary/aromatic N) is 3. The van der Waals surface area contributed by atoms with Crippen molar-refractivity contribution in [3.05, 3.63) is 47.0 Å². The predicted molar refractivity (Wildman–Crippen MR) is 55.8 cm³/mol. The first-order valence-corrected chi connectivity index (χ1v) is 4.96. The Morgan fingerprint density at radius 3 is 2.53 bits per heavy atom. The average molecular weight is 334 g/mol. The molecule has 0 saturated carbocycles. The fourth-order valence-corrected chi connectivity index (χ4v) is 1.46. The molecule has 2 rings (SSSR count). The summed E-state index contributed by atoms with van der Waals surface area (Å²) in [4.78, 5) is 0. The van der Waals surface area contributed by atoms with Crippen LogP contribution in [-0.2, 0) is 6.54 Å². The van der Waals surface area contributed by atoms with Crippen molar-refractivity contribution < 1.29 is 21.7 Å². The molecule has 1 heterocycles. The van der Waals surface area contributed by atoms with Crippen molar-refractivity contribution in [2.45, 2.75) is 6.54 Å². The third kappa shape index (κ3) is 3.32. The molecule has 0 radical (unpaired) electrons. The van der Waals surface area contributed by atoms with Crippen LogP contribution in [0.1, 0.15) is 5.56 Å². The highest BCUT2D eigenvalue weighted by Gasteiger charge is 2.03. The normalized spacial score (nSPS) is 9.67. The Morgan fingerprint density at radius 1 is 1.33 bits per heavy atom. The molecule has 0 spiro atoms. The molecule has 0 saturated heterocycles. The first-order chi connectivity index (χ1) is 6.74. The van der Waals surface area contributed by atoms with Gasteiger partial charge in [-0.3, -0.25) is 5.84 Å². The Kier molecular flexibility index (Phi) is 4.28. The lowest BCUT2D eigenvalue weighted by atomic mass is 10.2. The Balaban J connectivity index is 0.00000112. The van der Waals surface area contributed by atoms with Gasteiger partial charge in [0.25, 0.3) is 6.33 Å². The van der Waals surface area contributed by atoms with Crippen LogP contribution in [0.4, 0.5) is 0 Å². The van der Waals surface area contributed by atoms with Gasteiger partial charge in [0, 0.05) is 9.57 Å². The van der Waals surface area contributed by atoms with Crippen molar-refractivity contribution in [1.82, 2.24) is 9.78 Å². The zero-order chi connectivity index (χ0) is 9.97. The summed E-state index contributed by atoms with van der Waals surface area (Å²) in [6.07, 6.45) is 3.31. The number of nitrogens with two attached hydrogens (primary N) is 1. The summed E-state index contributed by atoms with van der Waals surface area (Å²) >= 11 is 3.39. The number of hydrogen-bond donors (Lipinski definition) is 1. The van der Waals surface area contributed by atoms with E-state index in [0.29, 0.717) is 0 Å². The second-order valence-electron chi connectivity index (χ2n) is 3.02. The summed E-state index contributed by atoms with van der Waals surface area (Å²) in [7, 11) is 0. The van der Waals surface area contributed by atoms with Crippen molar-refractivity contribution in [2.24, 2.45) is 0 Å². The van der Waals surface area contributed by atoms with Gasteiger partial charge in [-0.05, 0) is 17.7 Å². The summed E-state index contributed by atoms with van der Waals surface area (Å²) in [6.45, 7) is 0.734. The van der Waals surface area contributed by atoms with E-state index in [0.717, 1.165) is 11.0 Å². The van der Waals surface area contributed by atoms with Crippen LogP contribution in [0, 0.1) is 0 Å². The summed E-state index contributed by atoms with van der Waals surface area (Å²) in [6, 6.07) is 8.11. The molecule has 2 aromatic rings. The molecule has 1 aromatic heterocycles. The maximum absolute atomic E-state index is 5.48. The smallest absolute Gasteiger partial charge is 0.286 e. The number of nitrogen functional groups attached to an aromatic ring is 1. The molecule has 15 heavy (non-hydrogen) atoms. The van der Waals surface area contributed by atoms with Crippen LogP contribution in [0.25, 0.3) is 0 Å². The third-order valence-electron chi connectivity index (χ3n) is 1.86. The Labute approximate surface area is 107 Å². The molecule has 6 heteroatoms. The molecular formula is C9H10Br2N4. The maximum Gasteiger partial charge on any atom is 0.286 e. The van der Waals surface area contributed by atoms with Gasteiger partial charge < -0.3 is 17.0 Å². The minimum Gasteiger partial charge on any atom is -1.00 e. The standard InChI is InChI=1S/C9H10BrN4.BrH/c10-9-3-1-8(2-4-9)5-14-7-13(11)6-12-14;/h1-4,6-7H,5,11H2;1H/q+1;/p-1. The first-order valence-electron chi connectivity index (χ1n) is 4.17. The summed E-state index contributed by atoms with van der Waals surface area (Å²) < 4.78 is 4.29. The molecule has 0 bridgehead atoms.